The van der Waals surface area contributed by atoms with Gasteiger partial charge < -0.3 is 20.5 Å². The third-order valence-corrected chi connectivity index (χ3v) is 4.02. The molecule has 1 atom stereocenters. The lowest BCUT2D eigenvalue weighted by Crippen LogP contribution is -2.33. The molecule has 6 nitrogen and oxygen atoms in total. The van der Waals surface area contributed by atoms with Gasteiger partial charge in [-0.15, -0.1) is 0 Å². The van der Waals surface area contributed by atoms with Gasteiger partial charge in [0.1, 0.15) is 11.9 Å². The molecule has 0 radical (unpaired) electrons. The predicted molar refractivity (Wildman–Crippen MR) is 75.3 cm³/mol. The van der Waals surface area contributed by atoms with Crippen LogP contribution in [0.1, 0.15) is 17.4 Å². The molecule has 0 saturated heterocycles. The number of aromatic nitrogens is 2. The number of anilines is 2. The minimum atomic E-state index is -0.542. The number of rotatable bonds is 1. The second kappa shape index (κ2) is 4.08. The maximum Gasteiger partial charge on any atom is 0.245 e. The molecule has 0 aliphatic carbocycles. The summed E-state index contributed by atoms with van der Waals surface area (Å²) in [4.78, 5) is 18.2. The molecule has 3 heterocycles. The van der Waals surface area contributed by atoms with E-state index >= 15 is 0 Å². The van der Waals surface area contributed by atoms with Crippen LogP contribution in [0.5, 0.6) is 0 Å². The Hall–Kier alpha value is -2.34. The van der Waals surface area contributed by atoms with E-state index in [9.17, 15) is 4.79 Å². The maximum absolute atomic E-state index is 11.6. The highest BCUT2D eigenvalue weighted by Crippen LogP contribution is 2.33. The average molecular weight is 269 g/mol. The molecular formula is C14H15N5O. The molecule has 2 aromatic rings. The molecule has 2 aliphatic rings. The lowest BCUT2D eigenvalue weighted by atomic mass is 10.1. The molecule has 1 aromatic carbocycles. The fourth-order valence-corrected chi connectivity index (χ4v) is 2.87. The van der Waals surface area contributed by atoms with E-state index in [4.69, 9.17) is 5.73 Å². The van der Waals surface area contributed by atoms with Crippen LogP contribution < -0.4 is 16.0 Å². The standard InChI is InChI=1S/C14H15N5O/c15-13-10-2-1-9(7-11(10)17-14(13)20)19-6-5-18-4-3-16-12(18)8-19/h1-4,7,13H,5-6,8,15H2,(H,17,20). The fraction of sp³-hybridized carbons (Fsp3) is 0.286. The van der Waals surface area contributed by atoms with Crippen LogP contribution in [0.15, 0.2) is 30.6 Å². The Morgan fingerprint density at radius 2 is 2.25 bits per heavy atom. The molecule has 2 aliphatic heterocycles. The average Bonchev–Trinajstić information content (AvgIpc) is 3.03. The van der Waals surface area contributed by atoms with Crippen molar-refractivity contribution in [3.63, 3.8) is 0 Å². The van der Waals surface area contributed by atoms with Gasteiger partial charge in [-0.2, -0.15) is 0 Å². The summed E-state index contributed by atoms with van der Waals surface area (Å²) in [6.45, 7) is 2.65. The first-order valence-corrected chi connectivity index (χ1v) is 6.68. The highest BCUT2D eigenvalue weighted by molar-refractivity contribution is 6.02. The first-order valence-electron chi connectivity index (χ1n) is 6.68. The zero-order valence-corrected chi connectivity index (χ0v) is 10.9. The van der Waals surface area contributed by atoms with Crippen molar-refractivity contribution < 1.29 is 4.79 Å². The number of imidazole rings is 1. The molecule has 0 bridgehead atoms. The lowest BCUT2D eigenvalue weighted by Gasteiger charge is -2.29. The van der Waals surface area contributed by atoms with Crippen molar-refractivity contribution in [3.8, 4) is 0 Å². The maximum atomic E-state index is 11.6. The first kappa shape index (κ1) is 11.5. The summed E-state index contributed by atoms with van der Waals surface area (Å²) >= 11 is 0. The molecule has 0 saturated carbocycles. The molecule has 3 N–H and O–H groups in total. The van der Waals surface area contributed by atoms with E-state index < -0.39 is 6.04 Å². The molecular weight excluding hydrogens is 254 g/mol. The molecule has 4 rings (SSSR count). The van der Waals surface area contributed by atoms with Crippen molar-refractivity contribution in [1.29, 1.82) is 0 Å². The number of carbonyl (C=O) groups excluding carboxylic acids is 1. The number of nitrogens with one attached hydrogen (secondary N) is 1. The number of amides is 1. The zero-order valence-electron chi connectivity index (χ0n) is 10.9. The van der Waals surface area contributed by atoms with Gasteiger partial charge in [-0.1, -0.05) is 6.07 Å². The number of nitrogens with two attached hydrogens (primary N) is 1. The molecule has 0 spiro atoms. The SMILES string of the molecule is NC1C(=O)Nc2cc(N3CCn4ccnc4C3)ccc21. The summed E-state index contributed by atoms with van der Waals surface area (Å²) in [6, 6.07) is 5.42. The minimum absolute atomic E-state index is 0.133. The van der Waals surface area contributed by atoms with Crippen LogP contribution in [0, 0.1) is 0 Å². The van der Waals surface area contributed by atoms with Gasteiger partial charge in [0.05, 0.1) is 6.54 Å². The van der Waals surface area contributed by atoms with E-state index in [1.165, 1.54) is 0 Å². The Bertz CT molecular complexity index is 693. The summed E-state index contributed by atoms with van der Waals surface area (Å²) in [5, 5.41) is 2.83. The van der Waals surface area contributed by atoms with Gasteiger partial charge in [-0.3, -0.25) is 4.79 Å². The molecule has 1 unspecified atom stereocenters. The van der Waals surface area contributed by atoms with Crippen LogP contribution in [0.2, 0.25) is 0 Å². The highest BCUT2D eigenvalue weighted by Gasteiger charge is 2.28. The molecule has 20 heavy (non-hydrogen) atoms. The number of fused-ring (bicyclic) bond motifs is 2. The largest absolute Gasteiger partial charge is 0.362 e. The van der Waals surface area contributed by atoms with Gasteiger partial charge in [-0.05, 0) is 12.1 Å². The predicted octanol–water partition coefficient (Wildman–Crippen LogP) is 0.855. The van der Waals surface area contributed by atoms with Crippen LogP contribution >= 0.6 is 0 Å². The van der Waals surface area contributed by atoms with Crippen LogP contribution in [-0.4, -0.2) is 22.0 Å². The number of benzene rings is 1. The van der Waals surface area contributed by atoms with Crippen molar-refractivity contribution in [2.24, 2.45) is 5.73 Å². The van der Waals surface area contributed by atoms with Gasteiger partial charge in [0.25, 0.3) is 0 Å². The highest BCUT2D eigenvalue weighted by atomic mass is 16.2. The summed E-state index contributed by atoms with van der Waals surface area (Å²) in [5.74, 6) is 0.934. The number of hydrogen-bond acceptors (Lipinski definition) is 4. The van der Waals surface area contributed by atoms with Gasteiger partial charge in [0.15, 0.2) is 0 Å². The lowest BCUT2D eigenvalue weighted by molar-refractivity contribution is -0.116. The summed E-state index contributed by atoms with van der Waals surface area (Å²) in [5.41, 5.74) is 8.62. The van der Waals surface area contributed by atoms with E-state index in [1.54, 1.807) is 0 Å². The third-order valence-electron chi connectivity index (χ3n) is 4.02. The Morgan fingerprint density at radius 3 is 3.15 bits per heavy atom. The minimum Gasteiger partial charge on any atom is -0.362 e. The Labute approximate surface area is 116 Å². The summed E-state index contributed by atoms with van der Waals surface area (Å²) < 4.78 is 2.17. The van der Waals surface area contributed by atoms with Crippen molar-refractivity contribution in [2.75, 3.05) is 16.8 Å². The first-order chi connectivity index (χ1) is 9.72. The van der Waals surface area contributed by atoms with Gasteiger partial charge in [0, 0.05) is 42.4 Å². The monoisotopic (exact) mass is 269 g/mol. The van der Waals surface area contributed by atoms with Crippen LogP contribution in [0.25, 0.3) is 0 Å². The van der Waals surface area contributed by atoms with Gasteiger partial charge >= 0.3 is 0 Å². The molecule has 1 amide bonds. The Morgan fingerprint density at radius 1 is 1.35 bits per heavy atom. The van der Waals surface area contributed by atoms with Gasteiger partial charge in [-0.25, -0.2) is 4.98 Å². The van der Waals surface area contributed by atoms with Crippen molar-refractivity contribution in [1.82, 2.24) is 9.55 Å². The number of carbonyl (C=O) groups is 1. The van der Waals surface area contributed by atoms with E-state index in [-0.39, 0.29) is 5.91 Å². The van der Waals surface area contributed by atoms with Crippen LogP contribution in [0.4, 0.5) is 11.4 Å². The third kappa shape index (κ3) is 1.61. The molecule has 102 valence electrons. The quantitative estimate of drug-likeness (QED) is 0.805. The topological polar surface area (TPSA) is 76.2 Å². The molecule has 1 aromatic heterocycles. The van der Waals surface area contributed by atoms with E-state index in [1.807, 2.05) is 30.6 Å². The van der Waals surface area contributed by atoms with Crippen LogP contribution in [0.3, 0.4) is 0 Å². The zero-order chi connectivity index (χ0) is 13.7. The van der Waals surface area contributed by atoms with Crippen molar-refractivity contribution >= 4 is 17.3 Å². The van der Waals surface area contributed by atoms with Gasteiger partial charge in [0.2, 0.25) is 5.91 Å². The molecule has 6 heteroatoms. The fourth-order valence-electron chi connectivity index (χ4n) is 2.87. The number of nitrogens with zero attached hydrogens (tertiary/aromatic N) is 3. The Balaban J connectivity index is 1.65. The number of hydrogen-bond donors (Lipinski definition) is 2. The van der Waals surface area contributed by atoms with E-state index in [2.05, 4.69) is 19.8 Å². The summed E-state index contributed by atoms with van der Waals surface area (Å²) in [7, 11) is 0. The van der Waals surface area contributed by atoms with E-state index in [0.29, 0.717) is 0 Å². The second-order valence-corrected chi connectivity index (χ2v) is 5.20. The second-order valence-electron chi connectivity index (χ2n) is 5.20. The van der Waals surface area contributed by atoms with Crippen molar-refractivity contribution in [3.05, 3.63) is 42.0 Å². The smallest absolute Gasteiger partial charge is 0.245 e. The van der Waals surface area contributed by atoms with Crippen LogP contribution in [-0.2, 0) is 17.9 Å². The normalized spacial score (nSPS) is 20.6. The van der Waals surface area contributed by atoms with E-state index in [0.717, 1.165) is 42.4 Å². The summed E-state index contributed by atoms with van der Waals surface area (Å²) in [6.07, 6.45) is 3.84. The van der Waals surface area contributed by atoms with Crippen molar-refractivity contribution in [2.45, 2.75) is 19.1 Å². The molecule has 0 fully saturated rings. The Kier molecular flexibility index (Phi) is 2.34.